The molecule has 2 unspecified atom stereocenters. The van der Waals surface area contributed by atoms with Crippen molar-refractivity contribution in [1.82, 2.24) is 0 Å². The van der Waals surface area contributed by atoms with Crippen LogP contribution in [0.3, 0.4) is 0 Å². The predicted octanol–water partition coefficient (Wildman–Crippen LogP) is 2.78. The van der Waals surface area contributed by atoms with Crippen molar-refractivity contribution >= 4 is 16.7 Å². The molecule has 0 aliphatic rings. The molecule has 2 aromatic carbocycles. The van der Waals surface area contributed by atoms with Crippen LogP contribution in [-0.2, 0) is 9.53 Å². The van der Waals surface area contributed by atoms with Gasteiger partial charge < -0.3 is 14.6 Å². The summed E-state index contributed by atoms with van der Waals surface area (Å²) in [4.78, 5) is 11.5. The van der Waals surface area contributed by atoms with Crippen molar-refractivity contribution in [3.63, 3.8) is 0 Å². The SMILES string of the molecule is CCOC(=O)C(F)C(O)c1c(OC)ccc2ccccc12. The van der Waals surface area contributed by atoms with Crippen molar-refractivity contribution in [3.8, 4) is 5.75 Å². The fraction of sp³-hybridized carbons (Fsp3) is 0.312. The van der Waals surface area contributed by atoms with Crippen molar-refractivity contribution < 1.29 is 23.8 Å². The highest BCUT2D eigenvalue weighted by Gasteiger charge is 2.32. The lowest BCUT2D eigenvalue weighted by Crippen LogP contribution is -2.26. The van der Waals surface area contributed by atoms with E-state index in [1.54, 1.807) is 25.1 Å². The van der Waals surface area contributed by atoms with Crippen LogP contribution in [0.5, 0.6) is 5.75 Å². The summed E-state index contributed by atoms with van der Waals surface area (Å²) in [6, 6.07) is 10.6. The van der Waals surface area contributed by atoms with Crippen molar-refractivity contribution in [3.05, 3.63) is 42.0 Å². The Morgan fingerprint density at radius 2 is 2.00 bits per heavy atom. The Hall–Kier alpha value is -2.14. The summed E-state index contributed by atoms with van der Waals surface area (Å²) in [5, 5.41) is 11.7. The van der Waals surface area contributed by atoms with E-state index in [9.17, 15) is 14.3 Å². The number of fused-ring (bicyclic) bond motifs is 1. The third-order valence-corrected chi connectivity index (χ3v) is 3.24. The number of hydrogen-bond acceptors (Lipinski definition) is 4. The van der Waals surface area contributed by atoms with Gasteiger partial charge in [0.25, 0.3) is 0 Å². The van der Waals surface area contributed by atoms with Gasteiger partial charge in [-0.2, -0.15) is 0 Å². The standard InChI is InChI=1S/C16H17FO4/c1-3-21-16(19)14(17)15(18)13-11-7-5-4-6-10(11)8-9-12(13)20-2/h4-9,14-15,18H,3H2,1-2H3. The van der Waals surface area contributed by atoms with E-state index in [1.165, 1.54) is 7.11 Å². The molecule has 5 heteroatoms. The number of rotatable bonds is 5. The van der Waals surface area contributed by atoms with Gasteiger partial charge in [-0.15, -0.1) is 0 Å². The van der Waals surface area contributed by atoms with Gasteiger partial charge in [-0.25, -0.2) is 9.18 Å². The maximum absolute atomic E-state index is 14.1. The van der Waals surface area contributed by atoms with Crippen LogP contribution >= 0.6 is 0 Å². The molecule has 0 saturated heterocycles. The van der Waals surface area contributed by atoms with Crippen LogP contribution in [0.15, 0.2) is 36.4 Å². The fourth-order valence-corrected chi connectivity index (χ4v) is 2.26. The van der Waals surface area contributed by atoms with E-state index in [-0.39, 0.29) is 12.2 Å². The second kappa shape index (κ2) is 6.54. The molecule has 4 nitrogen and oxygen atoms in total. The van der Waals surface area contributed by atoms with E-state index in [0.29, 0.717) is 11.1 Å². The lowest BCUT2D eigenvalue weighted by Gasteiger charge is -2.19. The quantitative estimate of drug-likeness (QED) is 0.861. The number of hydrogen-bond donors (Lipinski definition) is 1. The van der Waals surface area contributed by atoms with E-state index < -0.39 is 18.2 Å². The van der Waals surface area contributed by atoms with Gasteiger partial charge in [-0.3, -0.25) is 0 Å². The number of carbonyl (C=O) groups excluding carboxylic acids is 1. The molecule has 0 aromatic heterocycles. The molecule has 21 heavy (non-hydrogen) atoms. The molecule has 112 valence electrons. The summed E-state index contributed by atoms with van der Waals surface area (Å²) in [6.45, 7) is 1.63. The van der Waals surface area contributed by atoms with E-state index in [1.807, 2.05) is 18.2 Å². The summed E-state index contributed by atoms with van der Waals surface area (Å²) in [7, 11) is 1.43. The number of methoxy groups -OCH3 is 1. The van der Waals surface area contributed by atoms with Gasteiger partial charge in [0.2, 0.25) is 6.17 Å². The van der Waals surface area contributed by atoms with Crippen LogP contribution in [0.1, 0.15) is 18.6 Å². The fourth-order valence-electron chi connectivity index (χ4n) is 2.26. The summed E-state index contributed by atoms with van der Waals surface area (Å²) >= 11 is 0. The van der Waals surface area contributed by atoms with Gasteiger partial charge in [0.05, 0.1) is 13.7 Å². The number of ether oxygens (including phenoxy) is 2. The van der Waals surface area contributed by atoms with Crippen LogP contribution in [0.25, 0.3) is 10.8 Å². The predicted molar refractivity (Wildman–Crippen MR) is 77.0 cm³/mol. The van der Waals surface area contributed by atoms with E-state index >= 15 is 0 Å². The minimum absolute atomic E-state index is 0.0542. The van der Waals surface area contributed by atoms with Gasteiger partial charge >= 0.3 is 5.97 Å². The van der Waals surface area contributed by atoms with Gasteiger partial charge in [-0.05, 0) is 23.8 Å². The first-order valence-corrected chi connectivity index (χ1v) is 6.64. The second-order valence-electron chi connectivity index (χ2n) is 4.50. The van der Waals surface area contributed by atoms with Crippen LogP contribution < -0.4 is 4.74 Å². The van der Waals surface area contributed by atoms with Gasteiger partial charge in [0.1, 0.15) is 11.9 Å². The average Bonchev–Trinajstić information content (AvgIpc) is 2.52. The minimum atomic E-state index is -2.16. The second-order valence-corrected chi connectivity index (χ2v) is 4.50. The third-order valence-electron chi connectivity index (χ3n) is 3.24. The van der Waals surface area contributed by atoms with Crippen LogP contribution in [0.2, 0.25) is 0 Å². The molecule has 0 aliphatic heterocycles. The first-order chi connectivity index (χ1) is 10.1. The number of halogens is 1. The monoisotopic (exact) mass is 292 g/mol. The zero-order valence-electron chi connectivity index (χ0n) is 11.9. The molecule has 0 fully saturated rings. The highest BCUT2D eigenvalue weighted by molar-refractivity contribution is 5.89. The highest BCUT2D eigenvalue weighted by Crippen LogP contribution is 2.35. The Morgan fingerprint density at radius 1 is 1.29 bits per heavy atom. The van der Waals surface area contributed by atoms with E-state index in [2.05, 4.69) is 4.74 Å². The number of aliphatic hydroxyl groups excluding tert-OH is 1. The molecule has 0 aliphatic carbocycles. The number of alkyl halides is 1. The van der Waals surface area contributed by atoms with Crippen LogP contribution in [-0.4, -0.2) is 31.0 Å². The number of carbonyl (C=O) groups is 1. The van der Waals surface area contributed by atoms with Crippen molar-refractivity contribution in [2.24, 2.45) is 0 Å². The topological polar surface area (TPSA) is 55.8 Å². The zero-order valence-corrected chi connectivity index (χ0v) is 11.9. The molecule has 2 aromatic rings. The van der Waals surface area contributed by atoms with Crippen molar-refractivity contribution in [2.45, 2.75) is 19.2 Å². The maximum atomic E-state index is 14.1. The lowest BCUT2D eigenvalue weighted by molar-refractivity contribution is -0.153. The van der Waals surface area contributed by atoms with Gasteiger partial charge in [0, 0.05) is 5.56 Å². The Labute approximate surface area is 122 Å². The summed E-state index contributed by atoms with van der Waals surface area (Å²) in [5.74, 6) is -0.756. The molecular weight excluding hydrogens is 275 g/mol. The Morgan fingerprint density at radius 3 is 2.67 bits per heavy atom. The smallest absolute Gasteiger partial charge is 0.343 e. The molecular formula is C16H17FO4. The third kappa shape index (κ3) is 2.97. The molecule has 0 heterocycles. The number of esters is 1. The molecule has 0 spiro atoms. The first-order valence-electron chi connectivity index (χ1n) is 6.64. The molecule has 0 radical (unpaired) electrons. The molecule has 2 rings (SSSR count). The number of aliphatic hydroxyl groups is 1. The molecule has 0 bridgehead atoms. The Kier molecular flexibility index (Phi) is 4.75. The van der Waals surface area contributed by atoms with Crippen LogP contribution in [0.4, 0.5) is 4.39 Å². The van der Waals surface area contributed by atoms with E-state index in [0.717, 1.165) is 5.39 Å². The van der Waals surface area contributed by atoms with Crippen LogP contribution in [0, 0.1) is 0 Å². The molecule has 2 atom stereocenters. The summed E-state index contributed by atoms with van der Waals surface area (Å²) in [6.07, 6.45) is -3.81. The zero-order chi connectivity index (χ0) is 15.4. The molecule has 0 amide bonds. The lowest BCUT2D eigenvalue weighted by atomic mass is 9.96. The summed E-state index contributed by atoms with van der Waals surface area (Å²) < 4.78 is 23.9. The van der Waals surface area contributed by atoms with Gasteiger partial charge in [-0.1, -0.05) is 30.3 Å². The normalized spacial score (nSPS) is 13.7. The Balaban J connectivity index is 2.50. The minimum Gasteiger partial charge on any atom is -0.496 e. The Bertz CT molecular complexity index is 641. The first kappa shape index (κ1) is 15.3. The molecule has 0 saturated carbocycles. The largest absolute Gasteiger partial charge is 0.496 e. The molecule has 1 N–H and O–H groups in total. The highest BCUT2D eigenvalue weighted by atomic mass is 19.1. The van der Waals surface area contributed by atoms with Gasteiger partial charge in [0.15, 0.2) is 0 Å². The summed E-state index contributed by atoms with van der Waals surface area (Å²) in [5.41, 5.74) is 0.246. The van der Waals surface area contributed by atoms with Crippen molar-refractivity contribution in [1.29, 1.82) is 0 Å². The van der Waals surface area contributed by atoms with E-state index in [4.69, 9.17) is 4.74 Å². The number of benzene rings is 2. The van der Waals surface area contributed by atoms with Crippen molar-refractivity contribution in [2.75, 3.05) is 13.7 Å². The average molecular weight is 292 g/mol. The maximum Gasteiger partial charge on any atom is 0.343 e.